The van der Waals surface area contributed by atoms with Gasteiger partial charge in [-0.05, 0) is 34.8 Å². The van der Waals surface area contributed by atoms with Crippen molar-refractivity contribution in [1.29, 1.82) is 0 Å². The zero-order chi connectivity index (χ0) is 15.0. The van der Waals surface area contributed by atoms with Crippen molar-refractivity contribution in [2.45, 2.75) is 35.4 Å². The van der Waals surface area contributed by atoms with Gasteiger partial charge in [-0.25, -0.2) is 8.42 Å². The second-order valence-electron chi connectivity index (χ2n) is 4.57. The SMILES string of the molecule is NC(=NO)C1(NS(=O)(=O)c2cc(Cl)c(Br)s2)CCCC1. The van der Waals surface area contributed by atoms with Crippen molar-refractivity contribution in [2.75, 3.05) is 0 Å². The van der Waals surface area contributed by atoms with Crippen LogP contribution in [0.15, 0.2) is 19.2 Å². The third-order valence-corrected chi connectivity index (χ3v) is 7.76. The van der Waals surface area contributed by atoms with E-state index in [1.54, 1.807) is 0 Å². The molecule has 6 nitrogen and oxygen atoms in total. The van der Waals surface area contributed by atoms with Crippen molar-refractivity contribution in [3.05, 3.63) is 14.9 Å². The van der Waals surface area contributed by atoms with E-state index in [-0.39, 0.29) is 10.0 Å². The largest absolute Gasteiger partial charge is 0.409 e. The van der Waals surface area contributed by atoms with Crippen molar-refractivity contribution in [1.82, 2.24) is 4.72 Å². The molecule has 1 aliphatic rings. The van der Waals surface area contributed by atoms with E-state index in [2.05, 4.69) is 25.8 Å². The average Bonchev–Trinajstić information content (AvgIpc) is 2.97. The Morgan fingerprint density at radius 2 is 2.15 bits per heavy atom. The molecule has 2 rings (SSSR count). The number of rotatable bonds is 4. The fraction of sp³-hybridized carbons (Fsp3) is 0.500. The van der Waals surface area contributed by atoms with Crippen LogP contribution in [-0.2, 0) is 10.0 Å². The van der Waals surface area contributed by atoms with Crippen molar-refractivity contribution in [2.24, 2.45) is 10.9 Å². The van der Waals surface area contributed by atoms with Gasteiger partial charge in [0.25, 0.3) is 10.0 Å². The Kier molecular flexibility index (Phi) is 4.65. The van der Waals surface area contributed by atoms with Crippen LogP contribution in [0.2, 0.25) is 5.02 Å². The summed E-state index contributed by atoms with van der Waals surface area (Å²) in [5.74, 6) is -0.111. The average molecular weight is 403 g/mol. The molecule has 0 spiro atoms. The molecule has 0 saturated heterocycles. The summed E-state index contributed by atoms with van der Waals surface area (Å²) in [6.07, 6.45) is 2.63. The molecule has 1 aromatic rings. The molecule has 20 heavy (non-hydrogen) atoms. The highest BCUT2D eigenvalue weighted by molar-refractivity contribution is 9.11. The van der Waals surface area contributed by atoms with E-state index in [4.69, 9.17) is 22.5 Å². The number of nitrogens with zero attached hydrogens (tertiary/aromatic N) is 1. The predicted molar refractivity (Wildman–Crippen MR) is 82.0 cm³/mol. The first-order valence-electron chi connectivity index (χ1n) is 5.77. The van der Waals surface area contributed by atoms with E-state index in [9.17, 15) is 8.42 Å². The topological polar surface area (TPSA) is 105 Å². The van der Waals surface area contributed by atoms with Gasteiger partial charge in [0.1, 0.15) is 4.21 Å². The molecule has 1 fully saturated rings. The maximum Gasteiger partial charge on any atom is 0.251 e. The molecule has 10 heteroatoms. The number of hydrogen-bond donors (Lipinski definition) is 3. The molecule has 0 unspecified atom stereocenters. The molecular formula is C10H13BrClN3O3S2. The van der Waals surface area contributed by atoms with Crippen molar-refractivity contribution in [3.63, 3.8) is 0 Å². The zero-order valence-corrected chi connectivity index (χ0v) is 14.2. The molecular weight excluding hydrogens is 390 g/mol. The van der Waals surface area contributed by atoms with Crippen LogP contribution in [0.3, 0.4) is 0 Å². The summed E-state index contributed by atoms with van der Waals surface area (Å²) in [5.41, 5.74) is 4.66. The molecule has 1 heterocycles. The van der Waals surface area contributed by atoms with Crippen LogP contribution in [0, 0.1) is 0 Å². The Bertz CT molecular complexity index is 619. The zero-order valence-electron chi connectivity index (χ0n) is 10.3. The summed E-state index contributed by atoms with van der Waals surface area (Å²) in [6, 6.07) is 1.37. The second-order valence-corrected chi connectivity index (χ2v) is 9.25. The van der Waals surface area contributed by atoms with Crippen molar-refractivity contribution < 1.29 is 13.6 Å². The molecule has 1 aliphatic carbocycles. The van der Waals surface area contributed by atoms with Crippen LogP contribution in [-0.4, -0.2) is 25.0 Å². The lowest BCUT2D eigenvalue weighted by atomic mass is 9.98. The lowest BCUT2D eigenvalue weighted by Crippen LogP contribution is -2.55. The molecule has 0 atom stereocenters. The first-order chi connectivity index (χ1) is 9.31. The minimum atomic E-state index is -3.78. The van der Waals surface area contributed by atoms with E-state index >= 15 is 0 Å². The van der Waals surface area contributed by atoms with Gasteiger partial charge in [-0.1, -0.05) is 29.6 Å². The molecule has 0 aromatic carbocycles. The quantitative estimate of drug-likeness (QED) is 0.311. The van der Waals surface area contributed by atoms with Crippen LogP contribution >= 0.6 is 38.9 Å². The number of sulfonamides is 1. The molecule has 112 valence electrons. The minimum absolute atomic E-state index is 0.0892. The van der Waals surface area contributed by atoms with Gasteiger partial charge in [-0.3, -0.25) is 0 Å². The minimum Gasteiger partial charge on any atom is -0.409 e. The van der Waals surface area contributed by atoms with Crippen molar-refractivity contribution >= 4 is 54.7 Å². The van der Waals surface area contributed by atoms with Crippen LogP contribution in [0.1, 0.15) is 25.7 Å². The lowest BCUT2D eigenvalue weighted by Gasteiger charge is -2.27. The number of halogens is 2. The lowest BCUT2D eigenvalue weighted by molar-refractivity contribution is 0.310. The molecule has 1 aromatic heterocycles. The number of oxime groups is 1. The summed E-state index contributed by atoms with van der Waals surface area (Å²) < 4.78 is 28.0. The first-order valence-corrected chi connectivity index (χ1v) is 9.25. The molecule has 0 amide bonds. The number of nitrogens with two attached hydrogens (primary N) is 1. The maximum atomic E-state index is 12.4. The molecule has 1 saturated carbocycles. The number of amidine groups is 1. The maximum absolute atomic E-state index is 12.4. The van der Waals surface area contributed by atoms with E-state index < -0.39 is 15.6 Å². The van der Waals surface area contributed by atoms with E-state index in [1.807, 2.05) is 0 Å². The highest BCUT2D eigenvalue weighted by atomic mass is 79.9. The number of hydrogen-bond acceptors (Lipinski definition) is 5. The monoisotopic (exact) mass is 401 g/mol. The summed E-state index contributed by atoms with van der Waals surface area (Å²) in [4.78, 5) is 0. The van der Waals surface area contributed by atoms with Crippen molar-refractivity contribution in [3.8, 4) is 0 Å². The normalized spacial score (nSPS) is 19.4. The Balaban J connectivity index is 2.35. The van der Waals surface area contributed by atoms with Crippen LogP contribution in [0.25, 0.3) is 0 Å². The first kappa shape index (κ1) is 16.0. The van der Waals surface area contributed by atoms with Gasteiger partial charge in [0.05, 0.1) is 14.3 Å². The van der Waals surface area contributed by atoms with Gasteiger partial charge < -0.3 is 10.9 Å². The predicted octanol–water partition coefficient (Wildman–Crippen LogP) is 2.50. The summed E-state index contributed by atoms with van der Waals surface area (Å²) >= 11 is 10.1. The third kappa shape index (κ3) is 2.96. The van der Waals surface area contributed by atoms with Crippen LogP contribution < -0.4 is 10.5 Å². The van der Waals surface area contributed by atoms with Gasteiger partial charge in [-0.2, -0.15) is 4.72 Å². The second kappa shape index (κ2) is 5.80. The molecule has 0 bridgehead atoms. The van der Waals surface area contributed by atoms with Crippen LogP contribution in [0.4, 0.5) is 0 Å². The van der Waals surface area contributed by atoms with E-state index in [0.29, 0.717) is 21.7 Å². The van der Waals surface area contributed by atoms with Gasteiger partial charge in [0.15, 0.2) is 5.84 Å². The van der Waals surface area contributed by atoms with Gasteiger partial charge in [0, 0.05) is 0 Å². The number of nitrogens with one attached hydrogen (secondary N) is 1. The fourth-order valence-corrected chi connectivity index (χ4v) is 6.09. The van der Waals surface area contributed by atoms with E-state index in [0.717, 1.165) is 24.2 Å². The Labute approximate surface area is 134 Å². The van der Waals surface area contributed by atoms with E-state index in [1.165, 1.54) is 6.07 Å². The Morgan fingerprint density at radius 3 is 2.60 bits per heavy atom. The molecule has 0 radical (unpaired) electrons. The third-order valence-electron chi connectivity index (χ3n) is 3.27. The number of thiophene rings is 1. The summed E-state index contributed by atoms with van der Waals surface area (Å²) in [6.45, 7) is 0. The standard InChI is InChI=1S/C10H13BrClN3O3S2/c11-8-6(12)5-7(19-8)20(17,18)15-10(9(13)14-16)3-1-2-4-10/h5,15-16H,1-4H2,(H2,13,14). The van der Waals surface area contributed by atoms with Gasteiger partial charge >= 0.3 is 0 Å². The highest BCUT2D eigenvalue weighted by Gasteiger charge is 2.42. The molecule has 0 aliphatic heterocycles. The Morgan fingerprint density at radius 1 is 1.55 bits per heavy atom. The van der Waals surface area contributed by atoms with Gasteiger partial charge in [0.2, 0.25) is 0 Å². The summed E-state index contributed by atoms with van der Waals surface area (Å²) in [7, 11) is -3.78. The molecule has 4 N–H and O–H groups in total. The highest BCUT2D eigenvalue weighted by Crippen LogP contribution is 2.37. The van der Waals surface area contributed by atoms with Crippen LogP contribution in [0.5, 0.6) is 0 Å². The Hall–Kier alpha value is -0.350. The fourth-order valence-electron chi connectivity index (χ4n) is 2.25. The smallest absolute Gasteiger partial charge is 0.251 e. The van der Waals surface area contributed by atoms with Gasteiger partial charge in [-0.15, -0.1) is 11.3 Å². The summed E-state index contributed by atoms with van der Waals surface area (Å²) in [5, 5.41) is 12.2.